The Bertz CT molecular complexity index is 1050. The van der Waals surface area contributed by atoms with Crippen LogP contribution >= 0.6 is 0 Å². The molecule has 3 aromatic rings. The van der Waals surface area contributed by atoms with Gasteiger partial charge in [0.1, 0.15) is 5.75 Å². The molecule has 32 heavy (non-hydrogen) atoms. The van der Waals surface area contributed by atoms with Crippen molar-refractivity contribution in [2.75, 3.05) is 0 Å². The fourth-order valence-electron chi connectivity index (χ4n) is 6.75. The van der Waals surface area contributed by atoms with Crippen molar-refractivity contribution in [2.24, 2.45) is 16.8 Å². The van der Waals surface area contributed by atoms with E-state index in [1.165, 1.54) is 29.5 Å². The van der Waals surface area contributed by atoms with Crippen LogP contribution in [-0.2, 0) is 19.4 Å². The minimum absolute atomic E-state index is 0.0527. The Balaban J connectivity index is 1.46. The standard InChI is InChI=1S/C29H30N2O/c32-25-13-11-23(12-14-25)20-31-28-16-24-15-27(26(28)19-30-24)29(31,17-21-7-3-1-4-8-21)18-22-9-5-2-6-10-22/h1-14,19,24,26-28,32H,15-18,20H2. The maximum atomic E-state index is 9.82. The van der Waals surface area contributed by atoms with E-state index in [2.05, 4.69) is 83.9 Å². The van der Waals surface area contributed by atoms with Gasteiger partial charge in [-0.25, -0.2) is 0 Å². The lowest BCUT2D eigenvalue weighted by atomic mass is 9.66. The summed E-state index contributed by atoms with van der Waals surface area (Å²) in [5, 5.41) is 9.82. The highest BCUT2D eigenvalue weighted by atomic mass is 16.3. The Labute approximate surface area is 190 Å². The van der Waals surface area contributed by atoms with Crippen LogP contribution in [0.3, 0.4) is 0 Å². The van der Waals surface area contributed by atoms with Crippen molar-refractivity contribution in [3.63, 3.8) is 0 Å². The Morgan fingerprint density at radius 1 is 0.781 bits per heavy atom. The van der Waals surface area contributed by atoms with Crippen molar-refractivity contribution < 1.29 is 5.11 Å². The third kappa shape index (κ3) is 3.36. The lowest BCUT2D eigenvalue weighted by molar-refractivity contribution is 0.0727. The van der Waals surface area contributed by atoms with E-state index >= 15 is 0 Å². The van der Waals surface area contributed by atoms with Crippen LogP contribution in [0.2, 0.25) is 0 Å². The number of nitrogens with zero attached hydrogens (tertiary/aromatic N) is 2. The maximum Gasteiger partial charge on any atom is 0.115 e. The fraction of sp³-hybridized carbons (Fsp3) is 0.345. The predicted molar refractivity (Wildman–Crippen MR) is 129 cm³/mol. The molecule has 1 saturated carbocycles. The fourth-order valence-corrected chi connectivity index (χ4v) is 6.75. The first-order chi connectivity index (χ1) is 15.7. The monoisotopic (exact) mass is 422 g/mol. The van der Waals surface area contributed by atoms with Gasteiger partial charge in [-0.2, -0.15) is 0 Å². The normalized spacial score (nSPS) is 27.6. The average molecular weight is 423 g/mol. The molecule has 3 nitrogen and oxygen atoms in total. The molecule has 4 atom stereocenters. The molecule has 3 aliphatic heterocycles. The van der Waals surface area contributed by atoms with Crippen molar-refractivity contribution >= 4 is 6.21 Å². The van der Waals surface area contributed by atoms with Gasteiger partial charge < -0.3 is 5.11 Å². The molecule has 3 heterocycles. The van der Waals surface area contributed by atoms with Gasteiger partial charge in [-0.1, -0.05) is 72.8 Å². The van der Waals surface area contributed by atoms with Crippen LogP contribution in [0.15, 0.2) is 89.9 Å². The molecule has 0 aromatic heterocycles. The average Bonchev–Trinajstić information content (AvgIpc) is 3.00. The van der Waals surface area contributed by atoms with Crippen molar-refractivity contribution in [3.8, 4) is 5.75 Å². The Hall–Kier alpha value is -2.91. The maximum absolute atomic E-state index is 9.82. The largest absolute Gasteiger partial charge is 0.508 e. The van der Waals surface area contributed by atoms with Gasteiger partial charge in [-0.3, -0.25) is 9.89 Å². The van der Waals surface area contributed by atoms with Crippen LogP contribution in [0.5, 0.6) is 5.75 Å². The van der Waals surface area contributed by atoms with Crippen LogP contribution < -0.4 is 0 Å². The number of hydrogen-bond donors (Lipinski definition) is 1. The van der Waals surface area contributed by atoms with Crippen LogP contribution in [0.4, 0.5) is 0 Å². The third-order valence-corrected chi connectivity index (χ3v) is 8.08. The highest BCUT2D eigenvalue weighted by molar-refractivity contribution is 5.67. The number of rotatable bonds is 6. The summed E-state index contributed by atoms with van der Waals surface area (Å²) in [7, 11) is 0. The Morgan fingerprint density at radius 2 is 1.41 bits per heavy atom. The molecule has 1 aliphatic carbocycles. The number of aliphatic imine (C=N–C) groups is 1. The molecular weight excluding hydrogens is 392 g/mol. The van der Waals surface area contributed by atoms with Crippen LogP contribution in [-0.4, -0.2) is 33.8 Å². The van der Waals surface area contributed by atoms with E-state index in [1.807, 2.05) is 12.1 Å². The van der Waals surface area contributed by atoms with Crippen LogP contribution in [0.1, 0.15) is 29.5 Å². The predicted octanol–water partition coefficient (Wildman–Crippen LogP) is 5.28. The van der Waals surface area contributed by atoms with Gasteiger partial charge in [-0.15, -0.1) is 0 Å². The van der Waals surface area contributed by atoms with Gasteiger partial charge in [0, 0.05) is 30.3 Å². The highest BCUT2D eigenvalue weighted by Crippen LogP contribution is 2.55. The van der Waals surface area contributed by atoms with E-state index < -0.39 is 0 Å². The van der Waals surface area contributed by atoms with Crippen molar-refractivity contribution in [1.29, 1.82) is 0 Å². The second-order valence-electron chi connectivity index (χ2n) is 9.90. The van der Waals surface area contributed by atoms with Crippen LogP contribution in [0, 0.1) is 11.8 Å². The summed E-state index contributed by atoms with van der Waals surface area (Å²) in [6.45, 7) is 0.915. The van der Waals surface area contributed by atoms with E-state index in [4.69, 9.17) is 4.99 Å². The summed E-state index contributed by atoms with van der Waals surface area (Å²) >= 11 is 0. The first-order valence-corrected chi connectivity index (χ1v) is 11.9. The second kappa shape index (κ2) is 7.90. The summed E-state index contributed by atoms with van der Waals surface area (Å²) in [4.78, 5) is 7.72. The van der Waals surface area contributed by atoms with Crippen molar-refractivity contribution in [3.05, 3.63) is 102 Å². The molecular formula is C29H30N2O. The summed E-state index contributed by atoms with van der Waals surface area (Å²) in [6, 6.07) is 30.9. The number of benzene rings is 3. The molecule has 162 valence electrons. The molecule has 0 spiro atoms. The molecule has 4 bridgehead atoms. The molecule has 4 unspecified atom stereocenters. The van der Waals surface area contributed by atoms with Gasteiger partial charge in [-0.05, 0) is 60.4 Å². The van der Waals surface area contributed by atoms with Crippen molar-refractivity contribution in [2.45, 2.75) is 49.9 Å². The summed E-state index contributed by atoms with van der Waals surface area (Å²) < 4.78 is 0. The number of phenols is 1. The lowest BCUT2D eigenvalue weighted by Gasteiger charge is -2.44. The third-order valence-electron chi connectivity index (χ3n) is 8.08. The van der Waals surface area contributed by atoms with Crippen LogP contribution in [0.25, 0.3) is 0 Å². The number of hydrogen-bond acceptors (Lipinski definition) is 3. The molecule has 2 fully saturated rings. The zero-order valence-electron chi connectivity index (χ0n) is 18.3. The molecule has 1 saturated heterocycles. The van der Waals surface area contributed by atoms with Gasteiger partial charge in [0.05, 0.1) is 6.04 Å². The number of likely N-dealkylation sites (tertiary alicyclic amines) is 1. The molecule has 7 rings (SSSR count). The van der Waals surface area contributed by atoms with Gasteiger partial charge in [0.15, 0.2) is 0 Å². The molecule has 3 heteroatoms. The van der Waals surface area contributed by atoms with E-state index in [1.54, 1.807) is 0 Å². The molecule has 4 aliphatic rings. The van der Waals surface area contributed by atoms with Gasteiger partial charge in [0.2, 0.25) is 0 Å². The summed E-state index contributed by atoms with van der Waals surface area (Å²) in [5.41, 5.74) is 4.16. The smallest absolute Gasteiger partial charge is 0.115 e. The van der Waals surface area contributed by atoms with E-state index in [-0.39, 0.29) is 5.54 Å². The molecule has 0 radical (unpaired) electrons. The molecule has 0 amide bonds. The van der Waals surface area contributed by atoms with Crippen molar-refractivity contribution in [1.82, 2.24) is 4.90 Å². The summed E-state index contributed by atoms with van der Waals surface area (Å²) in [6.07, 6.45) is 6.77. The minimum Gasteiger partial charge on any atom is -0.508 e. The first kappa shape index (κ1) is 19.8. The first-order valence-electron chi connectivity index (χ1n) is 11.9. The van der Waals surface area contributed by atoms with E-state index in [0.29, 0.717) is 29.7 Å². The lowest BCUT2D eigenvalue weighted by Crippen LogP contribution is -2.52. The van der Waals surface area contributed by atoms with Gasteiger partial charge in [0.25, 0.3) is 0 Å². The van der Waals surface area contributed by atoms with E-state index in [9.17, 15) is 5.11 Å². The highest BCUT2D eigenvalue weighted by Gasteiger charge is 2.61. The zero-order valence-corrected chi connectivity index (χ0v) is 18.3. The summed E-state index contributed by atoms with van der Waals surface area (Å²) in [5.74, 6) is 1.48. The van der Waals surface area contributed by atoms with E-state index in [0.717, 1.165) is 19.4 Å². The second-order valence-corrected chi connectivity index (χ2v) is 9.90. The topological polar surface area (TPSA) is 35.8 Å². The Morgan fingerprint density at radius 3 is 2.00 bits per heavy atom. The van der Waals surface area contributed by atoms with Gasteiger partial charge >= 0.3 is 0 Å². The minimum atomic E-state index is 0.0527. The SMILES string of the molecule is Oc1ccc(CN2C3CC4CC(C3C=N4)C2(Cc2ccccc2)Cc2ccccc2)cc1. The molecule has 3 aromatic carbocycles. The number of aromatic hydroxyl groups is 1. The number of phenolic OH excluding ortho intramolecular Hbond substituents is 1. The Kier molecular flexibility index (Phi) is 4.87. The molecule has 1 N–H and O–H groups in total. The quantitative estimate of drug-likeness (QED) is 0.587. The zero-order chi connectivity index (χ0) is 21.5.